The molecule has 4 rings (SSSR count). The van der Waals surface area contributed by atoms with Gasteiger partial charge in [-0.1, -0.05) is 84.0 Å². The standard InChI is InChI=1S/C27H26ClN3O2S/c28-23-13-6-4-11-21(23)19-34-27-30-24-14-7-5-12-22(24)26(33)31(27)18-8-15-25(32)29-17-16-20-9-2-1-3-10-20/h1-7,9-14H,8,15-19H2,(H,29,32). The van der Waals surface area contributed by atoms with Gasteiger partial charge in [-0.2, -0.15) is 0 Å². The van der Waals surface area contributed by atoms with Gasteiger partial charge in [-0.3, -0.25) is 14.2 Å². The van der Waals surface area contributed by atoms with Gasteiger partial charge in [0.15, 0.2) is 5.16 Å². The summed E-state index contributed by atoms with van der Waals surface area (Å²) >= 11 is 7.79. The van der Waals surface area contributed by atoms with E-state index in [4.69, 9.17) is 16.6 Å². The van der Waals surface area contributed by atoms with Crippen LogP contribution in [0.2, 0.25) is 5.02 Å². The molecule has 3 aromatic carbocycles. The summed E-state index contributed by atoms with van der Waals surface area (Å²) in [5.74, 6) is 0.591. The Hall–Kier alpha value is -3.09. The Bertz CT molecular complexity index is 1320. The molecule has 0 aliphatic rings. The summed E-state index contributed by atoms with van der Waals surface area (Å²) in [7, 11) is 0. The molecular formula is C27H26ClN3O2S. The molecule has 1 amide bonds. The number of carbonyl (C=O) groups is 1. The topological polar surface area (TPSA) is 64.0 Å². The number of hydrogen-bond donors (Lipinski definition) is 1. The van der Waals surface area contributed by atoms with E-state index < -0.39 is 0 Å². The number of aromatic nitrogens is 2. The zero-order valence-corrected chi connectivity index (χ0v) is 20.3. The fraction of sp³-hybridized carbons (Fsp3) is 0.222. The first kappa shape index (κ1) is 24.0. The van der Waals surface area contributed by atoms with E-state index in [0.29, 0.717) is 52.8 Å². The molecule has 34 heavy (non-hydrogen) atoms. The summed E-state index contributed by atoms with van der Waals surface area (Å²) < 4.78 is 1.68. The fourth-order valence-electron chi connectivity index (χ4n) is 3.69. The van der Waals surface area contributed by atoms with Gasteiger partial charge in [-0.05, 0) is 42.2 Å². The first-order chi connectivity index (χ1) is 16.6. The van der Waals surface area contributed by atoms with Crippen LogP contribution >= 0.6 is 23.4 Å². The Kier molecular flexibility index (Phi) is 8.39. The lowest BCUT2D eigenvalue weighted by atomic mass is 10.1. The number of carbonyl (C=O) groups excluding carboxylic acids is 1. The van der Waals surface area contributed by atoms with Gasteiger partial charge in [-0.15, -0.1) is 0 Å². The molecule has 0 fully saturated rings. The van der Waals surface area contributed by atoms with Crippen LogP contribution in [0.15, 0.2) is 88.8 Å². The molecule has 0 aliphatic heterocycles. The van der Waals surface area contributed by atoms with Crippen molar-refractivity contribution in [3.8, 4) is 0 Å². The van der Waals surface area contributed by atoms with Crippen molar-refractivity contribution < 1.29 is 4.79 Å². The maximum Gasteiger partial charge on any atom is 0.262 e. The van der Waals surface area contributed by atoms with E-state index in [9.17, 15) is 9.59 Å². The van der Waals surface area contributed by atoms with Crippen LogP contribution in [0, 0.1) is 0 Å². The quantitative estimate of drug-likeness (QED) is 0.235. The van der Waals surface area contributed by atoms with E-state index in [-0.39, 0.29) is 11.5 Å². The Labute approximate surface area is 208 Å². The Morgan fingerprint density at radius 1 is 0.971 bits per heavy atom. The number of para-hydroxylation sites is 1. The average Bonchev–Trinajstić information content (AvgIpc) is 2.86. The minimum atomic E-state index is -0.0863. The second-order valence-corrected chi connectivity index (χ2v) is 9.29. The van der Waals surface area contributed by atoms with Gasteiger partial charge in [0.2, 0.25) is 5.91 Å². The molecule has 4 aromatic rings. The lowest BCUT2D eigenvalue weighted by Crippen LogP contribution is -2.27. The highest BCUT2D eigenvalue weighted by atomic mass is 35.5. The molecule has 1 N–H and O–H groups in total. The van der Waals surface area contributed by atoms with Crippen LogP contribution in [0.3, 0.4) is 0 Å². The van der Waals surface area contributed by atoms with Gasteiger partial charge >= 0.3 is 0 Å². The Morgan fingerprint density at radius 2 is 1.71 bits per heavy atom. The van der Waals surface area contributed by atoms with Crippen molar-refractivity contribution in [2.75, 3.05) is 6.54 Å². The molecular weight excluding hydrogens is 466 g/mol. The number of nitrogens with zero attached hydrogens (tertiary/aromatic N) is 2. The number of amides is 1. The summed E-state index contributed by atoms with van der Waals surface area (Å²) in [5.41, 5.74) is 2.76. The number of halogens is 1. The van der Waals surface area contributed by atoms with Crippen LogP contribution in [0.25, 0.3) is 10.9 Å². The van der Waals surface area contributed by atoms with Crippen LogP contribution in [0.4, 0.5) is 0 Å². The molecule has 174 valence electrons. The zero-order valence-electron chi connectivity index (χ0n) is 18.7. The van der Waals surface area contributed by atoms with Crippen LogP contribution in [-0.2, 0) is 23.5 Å². The van der Waals surface area contributed by atoms with Gasteiger partial charge < -0.3 is 5.32 Å². The molecule has 0 bridgehead atoms. The maximum atomic E-state index is 13.2. The zero-order chi connectivity index (χ0) is 23.8. The summed E-state index contributed by atoms with van der Waals surface area (Å²) in [5, 5.41) is 4.87. The molecule has 1 heterocycles. The number of nitrogens with one attached hydrogen (secondary N) is 1. The number of rotatable bonds is 10. The van der Waals surface area contributed by atoms with E-state index in [0.717, 1.165) is 12.0 Å². The van der Waals surface area contributed by atoms with Crippen molar-refractivity contribution in [1.29, 1.82) is 0 Å². The normalized spacial score (nSPS) is 11.0. The summed E-state index contributed by atoms with van der Waals surface area (Å²) in [4.78, 5) is 30.3. The SMILES string of the molecule is O=C(CCCn1c(SCc2ccccc2Cl)nc2ccccc2c1=O)NCCc1ccccc1. The van der Waals surface area contributed by atoms with Crippen molar-refractivity contribution in [1.82, 2.24) is 14.9 Å². The second kappa shape index (κ2) is 11.9. The Morgan fingerprint density at radius 3 is 2.53 bits per heavy atom. The van der Waals surface area contributed by atoms with Crippen LogP contribution in [-0.4, -0.2) is 22.0 Å². The van der Waals surface area contributed by atoms with Gasteiger partial charge in [-0.25, -0.2) is 4.98 Å². The van der Waals surface area contributed by atoms with Gasteiger partial charge in [0.25, 0.3) is 5.56 Å². The van der Waals surface area contributed by atoms with Gasteiger partial charge in [0, 0.05) is 30.3 Å². The predicted octanol–water partition coefficient (Wildman–Crippen LogP) is 5.48. The van der Waals surface area contributed by atoms with Crippen molar-refractivity contribution >= 4 is 40.2 Å². The minimum Gasteiger partial charge on any atom is -0.356 e. The number of hydrogen-bond acceptors (Lipinski definition) is 4. The van der Waals surface area contributed by atoms with E-state index in [1.165, 1.54) is 17.3 Å². The van der Waals surface area contributed by atoms with Crippen LogP contribution in [0.5, 0.6) is 0 Å². The largest absolute Gasteiger partial charge is 0.356 e. The van der Waals surface area contributed by atoms with E-state index in [1.807, 2.05) is 72.8 Å². The van der Waals surface area contributed by atoms with E-state index in [1.54, 1.807) is 10.6 Å². The highest BCUT2D eigenvalue weighted by molar-refractivity contribution is 7.98. The minimum absolute atomic E-state index is 0.0111. The van der Waals surface area contributed by atoms with Crippen LogP contribution < -0.4 is 10.9 Å². The second-order valence-electron chi connectivity index (χ2n) is 7.94. The number of benzene rings is 3. The molecule has 0 spiro atoms. The van der Waals surface area contributed by atoms with E-state index in [2.05, 4.69) is 5.32 Å². The molecule has 0 unspecified atom stereocenters. The number of thioether (sulfide) groups is 1. The lowest BCUT2D eigenvalue weighted by molar-refractivity contribution is -0.121. The third-order valence-corrected chi connectivity index (χ3v) is 6.90. The average molecular weight is 492 g/mol. The van der Waals surface area contributed by atoms with Crippen molar-refractivity contribution in [2.24, 2.45) is 0 Å². The van der Waals surface area contributed by atoms with Crippen LogP contribution in [0.1, 0.15) is 24.0 Å². The van der Waals surface area contributed by atoms with Crippen molar-refractivity contribution in [3.63, 3.8) is 0 Å². The molecule has 0 saturated carbocycles. The van der Waals surface area contributed by atoms with Gasteiger partial charge in [0.05, 0.1) is 10.9 Å². The fourth-order valence-corrected chi connectivity index (χ4v) is 5.00. The summed E-state index contributed by atoms with van der Waals surface area (Å²) in [6.45, 7) is 1.02. The van der Waals surface area contributed by atoms with Gasteiger partial charge in [0.1, 0.15) is 0 Å². The first-order valence-electron chi connectivity index (χ1n) is 11.3. The molecule has 0 atom stereocenters. The third kappa shape index (κ3) is 6.27. The maximum absolute atomic E-state index is 13.2. The highest BCUT2D eigenvalue weighted by Gasteiger charge is 2.13. The number of fused-ring (bicyclic) bond motifs is 1. The molecule has 1 aromatic heterocycles. The highest BCUT2D eigenvalue weighted by Crippen LogP contribution is 2.26. The molecule has 0 radical (unpaired) electrons. The Balaban J connectivity index is 1.41. The van der Waals surface area contributed by atoms with Crippen molar-refractivity contribution in [2.45, 2.75) is 36.7 Å². The molecule has 0 aliphatic carbocycles. The molecule has 5 nitrogen and oxygen atoms in total. The third-order valence-electron chi connectivity index (χ3n) is 5.51. The lowest BCUT2D eigenvalue weighted by Gasteiger charge is -2.13. The smallest absolute Gasteiger partial charge is 0.262 e. The van der Waals surface area contributed by atoms with Crippen molar-refractivity contribution in [3.05, 3.63) is 105 Å². The summed E-state index contributed by atoms with van der Waals surface area (Å²) in [6.07, 6.45) is 1.70. The molecule has 7 heteroatoms. The summed E-state index contributed by atoms with van der Waals surface area (Å²) in [6, 6.07) is 25.1. The monoisotopic (exact) mass is 491 g/mol. The molecule has 0 saturated heterocycles. The predicted molar refractivity (Wildman–Crippen MR) is 139 cm³/mol. The van der Waals surface area contributed by atoms with E-state index >= 15 is 0 Å². The first-order valence-corrected chi connectivity index (χ1v) is 12.6.